The number of ether oxygens (including phenoxy) is 3. The van der Waals surface area contributed by atoms with Crippen molar-refractivity contribution in [1.29, 1.82) is 0 Å². The molecular weight excluding hydrogens is 460 g/mol. The summed E-state index contributed by atoms with van der Waals surface area (Å²) in [6.45, 7) is 5.06. The molecular formula is C24H29BrN2O4. The molecule has 0 amide bonds. The maximum absolute atomic E-state index is 12.0. The van der Waals surface area contributed by atoms with Gasteiger partial charge in [0.1, 0.15) is 24.7 Å². The van der Waals surface area contributed by atoms with Crippen LogP contribution >= 0.6 is 0 Å². The highest BCUT2D eigenvalue weighted by Crippen LogP contribution is 2.39. The number of β-amino-alcohol motifs (C(OH)–C–C–N with tert-alkyl or cyclic N) is 1. The van der Waals surface area contributed by atoms with Gasteiger partial charge in [-0.05, 0) is 68.7 Å². The van der Waals surface area contributed by atoms with Crippen molar-refractivity contribution < 1.29 is 40.9 Å². The number of nitrogens with zero attached hydrogens (tertiary/aromatic N) is 2. The van der Waals surface area contributed by atoms with Gasteiger partial charge in [-0.25, -0.2) is 9.48 Å². The van der Waals surface area contributed by atoms with Gasteiger partial charge < -0.3 is 36.3 Å². The SMILES string of the molecule is CCOc1ccc(N2CC(O)(c3ccc4c(c3)OCCO4)[N+]3=C2CCCCC3)cc1.[Br-]. The first-order valence-corrected chi connectivity index (χ1v) is 11.0. The molecule has 5 rings (SSSR count). The van der Waals surface area contributed by atoms with Gasteiger partial charge in [0, 0.05) is 12.0 Å². The first kappa shape index (κ1) is 22.0. The summed E-state index contributed by atoms with van der Waals surface area (Å²) in [5, 5.41) is 12.0. The fourth-order valence-electron chi connectivity index (χ4n) is 4.74. The zero-order chi connectivity index (χ0) is 20.6. The summed E-state index contributed by atoms with van der Waals surface area (Å²) in [5.41, 5.74) is 0.821. The Morgan fingerprint density at radius 1 is 1.03 bits per heavy atom. The summed E-state index contributed by atoms with van der Waals surface area (Å²) < 4.78 is 19.3. The fraction of sp³-hybridized carbons (Fsp3) is 0.458. The van der Waals surface area contributed by atoms with Crippen LogP contribution in [0.2, 0.25) is 0 Å². The number of fused-ring (bicyclic) bond motifs is 1. The van der Waals surface area contributed by atoms with E-state index in [9.17, 15) is 5.11 Å². The molecule has 1 unspecified atom stereocenters. The van der Waals surface area contributed by atoms with Crippen LogP contribution < -0.4 is 36.1 Å². The quantitative estimate of drug-likeness (QED) is 0.635. The van der Waals surface area contributed by atoms with Crippen LogP contribution in [0.5, 0.6) is 17.2 Å². The lowest BCUT2D eigenvalue weighted by atomic mass is 10.0. The molecule has 0 spiro atoms. The Balaban J connectivity index is 0.00000231. The molecule has 166 valence electrons. The van der Waals surface area contributed by atoms with E-state index in [1.807, 2.05) is 37.3 Å². The van der Waals surface area contributed by atoms with E-state index in [1.54, 1.807) is 0 Å². The van der Waals surface area contributed by atoms with Gasteiger partial charge in [-0.1, -0.05) is 0 Å². The number of hydrogen-bond acceptors (Lipinski definition) is 5. The molecule has 0 radical (unpaired) electrons. The monoisotopic (exact) mass is 488 g/mol. The number of halogens is 1. The van der Waals surface area contributed by atoms with E-state index >= 15 is 0 Å². The van der Waals surface area contributed by atoms with Crippen molar-refractivity contribution in [2.24, 2.45) is 0 Å². The van der Waals surface area contributed by atoms with E-state index in [0.717, 1.165) is 48.6 Å². The van der Waals surface area contributed by atoms with E-state index in [0.29, 0.717) is 32.1 Å². The van der Waals surface area contributed by atoms with Gasteiger partial charge in [-0.2, -0.15) is 0 Å². The van der Waals surface area contributed by atoms with E-state index in [1.165, 1.54) is 12.3 Å². The van der Waals surface area contributed by atoms with Crippen LogP contribution in [0.4, 0.5) is 5.69 Å². The lowest BCUT2D eigenvalue weighted by molar-refractivity contribution is -0.658. The molecule has 6 nitrogen and oxygen atoms in total. The van der Waals surface area contributed by atoms with Crippen LogP contribution in [0.3, 0.4) is 0 Å². The second-order valence-electron chi connectivity index (χ2n) is 8.07. The van der Waals surface area contributed by atoms with Crippen LogP contribution in [-0.2, 0) is 5.72 Å². The number of rotatable bonds is 4. The fourth-order valence-corrected chi connectivity index (χ4v) is 4.74. The number of aliphatic hydroxyl groups is 1. The number of benzene rings is 2. The van der Waals surface area contributed by atoms with Gasteiger partial charge in [0.2, 0.25) is 0 Å². The molecule has 1 atom stereocenters. The minimum Gasteiger partial charge on any atom is -1.00 e. The first-order chi connectivity index (χ1) is 14.7. The van der Waals surface area contributed by atoms with Gasteiger partial charge >= 0.3 is 0 Å². The summed E-state index contributed by atoms with van der Waals surface area (Å²) in [6, 6.07) is 14.0. The Morgan fingerprint density at radius 3 is 2.58 bits per heavy atom. The molecule has 0 saturated carbocycles. The zero-order valence-corrected chi connectivity index (χ0v) is 19.4. The average molecular weight is 489 g/mol. The standard InChI is InChI=1S/C24H29N2O4.BrH/c1-2-28-20-10-8-19(9-11-20)25-17-24(27,26-13-5-3-4-6-23(25)26)18-7-12-21-22(16-18)30-15-14-29-21;/h7-12,16,27H,2-6,13-15,17H2,1H3;1H/q+1;/p-1. The van der Waals surface area contributed by atoms with Crippen molar-refractivity contribution >= 4 is 11.5 Å². The maximum atomic E-state index is 12.0. The van der Waals surface area contributed by atoms with Gasteiger partial charge in [0.05, 0.1) is 13.2 Å². The van der Waals surface area contributed by atoms with Crippen LogP contribution in [0.1, 0.15) is 38.2 Å². The highest BCUT2D eigenvalue weighted by molar-refractivity contribution is 5.96. The van der Waals surface area contributed by atoms with E-state index < -0.39 is 5.72 Å². The minimum absolute atomic E-state index is 0. The molecule has 0 saturated heterocycles. The molecule has 3 aliphatic rings. The highest BCUT2D eigenvalue weighted by Gasteiger charge is 2.52. The lowest BCUT2D eigenvalue weighted by Crippen LogP contribution is -3.00. The third-order valence-corrected chi connectivity index (χ3v) is 6.19. The largest absolute Gasteiger partial charge is 1.00 e. The second-order valence-corrected chi connectivity index (χ2v) is 8.07. The molecule has 2 aromatic carbocycles. The molecule has 3 heterocycles. The molecule has 3 aliphatic heterocycles. The van der Waals surface area contributed by atoms with Crippen molar-refractivity contribution in [3.63, 3.8) is 0 Å². The highest BCUT2D eigenvalue weighted by atomic mass is 79.9. The summed E-state index contributed by atoms with van der Waals surface area (Å²) in [6.07, 6.45) is 4.35. The molecule has 0 bridgehead atoms. The van der Waals surface area contributed by atoms with Crippen LogP contribution in [0.15, 0.2) is 42.5 Å². The first-order valence-electron chi connectivity index (χ1n) is 11.0. The predicted molar refractivity (Wildman–Crippen MR) is 115 cm³/mol. The van der Waals surface area contributed by atoms with E-state index in [-0.39, 0.29) is 17.0 Å². The average Bonchev–Trinajstić information content (AvgIpc) is 2.93. The maximum Gasteiger partial charge on any atom is 0.271 e. The van der Waals surface area contributed by atoms with Crippen molar-refractivity contribution in [3.8, 4) is 17.2 Å². The number of anilines is 1. The Labute approximate surface area is 193 Å². The third kappa shape index (κ3) is 4.01. The summed E-state index contributed by atoms with van der Waals surface area (Å²) in [5.74, 6) is 3.51. The topological polar surface area (TPSA) is 54.2 Å². The van der Waals surface area contributed by atoms with Crippen LogP contribution in [-0.4, -0.2) is 48.4 Å². The molecule has 0 aliphatic carbocycles. The molecule has 31 heavy (non-hydrogen) atoms. The van der Waals surface area contributed by atoms with Crippen LogP contribution in [0.25, 0.3) is 0 Å². The summed E-state index contributed by atoms with van der Waals surface area (Å²) >= 11 is 0. The smallest absolute Gasteiger partial charge is 0.271 e. The van der Waals surface area contributed by atoms with Gasteiger partial charge in [0.25, 0.3) is 11.6 Å². The van der Waals surface area contributed by atoms with Crippen molar-refractivity contribution in [2.45, 2.75) is 38.3 Å². The normalized spacial score (nSPS) is 22.5. The number of amidine groups is 1. The van der Waals surface area contributed by atoms with E-state index in [4.69, 9.17) is 14.2 Å². The Hall–Kier alpha value is -2.25. The predicted octanol–water partition coefficient (Wildman–Crippen LogP) is 0.511. The molecule has 7 heteroatoms. The zero-order valence-electron chi connectivity index (χ0n) is 17.8. The summed E-state index contributed by atoms with van der Waals surface area (Å²) in [7, 11) is 0. The molecule has 0 fully saturated rings. The third-order valence-electron chi connectivity index (χ3n) is 6.19. The van der Waals surface area contributed by atoms with Gasteiger partial charge in [-0.15, -0.1) is 0 Å². The minimum atomic E-state index is -1.10. The van der Waals surface area contributed by atoms with E-state index in [2.05, 4.69) is 21.6 Å². The van der Waals surface area contributed by atoms with Crippen molar-refractivity contribution in [3.05, 3.63) is 48.0 Å². The lowest BCUT2D eigenvalue weighted by Gasteiger charge is -2.26. The molecule has 2 aromatic rings. The second kappa shape index (κ2) is 9.09. The molecule has 0 aromatic heterocycles. The van der Waals surface area contributed by atoms with Crippen molar-refractivity contribution in [2.75, 3.05) is 37.8 Å². The molecule has 1 N–H and O–H groups in total. The summed E-state index contributed by atoms with van der Waals surface area (Å²) in [4.78, 5) is 2.26. The van der Waals surface area contributed by atoms with Crippen LogP contribution in [0, 0.1) is 0 Å². The Kier molecular flexibility index (Phi) is 6.44. The van der Waals surface area contributed by atoms with Gasteiger partial charge in [-0.3, -0.25) is 0 Å². The Morgan fingerprint density at radius 2 is 1.81 bits per heavy atom. The van der Waals surface area contributed by atoms with Gasteiger partial charge in [0.15, 0.2) is 18.0 Å². The van der Waals surface area contributed by atoms with Crippen molar-refractivity contribution in [1.82, 2.24) is 0 Å². The number of hydrogen-bond donors (Lipinski definition) is 1. The Bertz CT molecular complexity index is 963.